The largest absolute Gasteiger partial charge is 0.502 e. The van der Waals surface area contributed by atoms with Gasteiger partial charge in [0, 0.05) is 5.69 Å². The first-order chi connectivity index (χ1) is 14.3. The van der Waals surface area contributed by atoms with Crippen LogP contribution in [-0.2, 0) is 9.59 Å². The number of methoxy groups -OCH3 is 2. The van der Waals surface area contributed by atoms with Gasteiger partial charge in [0.05, 0.1) is 14.2 Å². The van der Waals surface area contributed by atoms with Crippen molar-refractivity contribution in [3.8, 4) is 17.2 Å². The molecule has 1 fully saturated rings. The van der Waals surface area contributed by atoms with Gasteiger partial charge in [-0.15, -0.1) is 0 Å². The molecule has 3 N–H and O–H groups in total. The summed E-state index contributed by atoms with van der Waals surface area (Å²) in [6.45, 7) is 1.49. The molecule has 9 heteroatoms. The van der Waals surface area contributed by atoms with Gasteiger partial charge in [0.1, 0.15) is 12.2 Å². The summed E-state index contributed by atoms with van der Waals surface area (Å²) in [6, 6.07) is 9.40. The van der Waals surface area contributed by atoms with E-state index in [1.54, 1.807) is 12.1 Å². The van der Waals surface area contributed by atoms with Crippen LogP contribution in [0.2, 0.25) is 0 Å². The maximum Gasteiger partial charge on any atom is 0.329 e. The first kappa shape index (κ1) is 20.7. The molecule has 0 atom stereocenters. The average molecular weight is 411 g/mol. The second-order valence-electron chi connectivity index (χ2n) is 6.57. The highest BCUT2D eigenvalue weighted by atomic mass is 16.5. The van der Waals surface area contributed by atoms with Crippen molar-refractivity contribution < 1.29 is 29.0 Å². The van der Waals surface area contributed by atoms with Crippen molar-refractivity contribution in [3.05, 3.63) is 53.2 Å². The third kappa shape index (κ3) is 4.35. The number of hydrogen-bond acceptors (Lipinski definition) is 6. The number of anilines is 1. The second-order valence-corrected chi connectivity index (χ2v) is 6.57. The van der Waals surface area contributed by atoms with Gasteiger partial charge in [-0.1, -0.05) is 17.7 Å². The number of aromatic hydroxyl groups is 1. The summed E-state index contributed by atoms with van der Waals surface area (Å²) in [7, 11) is 2.75. The van der Waals surface area contributed by atoms with E-state index in [0.717, 1.165) is 10.5 Å². The van der Waals surface area contributed by atoms with E-state index in [9.17, 15) is 19.5 Å². The number of nitrogens with zero attached hydrogens (tertiary/aromatic N) is 1. The summed E-state index contributed by atoms with van der Waals surface area (Å²) in [6.07, 6.45) is 1.41. The number of nitrogens with one attached hydrogen (secondary N) is 2. The Labute approximate surface area is 172 Å². The number of imide groups is 1. The zero-order valence-corrected chi connectivity index (χ0v) is 16.7. The Morgan fingerprint density at radius 2 is 1.73 bits per heavy atom. The molecule has 1 heterocycles. The summed E-state index contributed by atoms with van der Waals surface area (Å²) in [5.74, 6) is -1.04. The summed E-state index contributed by atoms with van der Waals surface area (Å²) in [5, 5.41) is 15.1. The standard InChI is InChI=1S/C21H21N3O6/c1-12-4-6-14(7-5-12)22-18(25)11-24-20(27)15(23-21(24)28)8-13-9-16(29-2)19(26)17(10-13)30-3/h4-10,26H,11H2,1-3H3,(H,22,25)(H,23,28)/b15-8+. The molecule has 0 unspecified atom stereocenters. The molecule has 1 aliphatic heterocycles. The fourth-order valence-electron chi connectivity index (χ4n) is 2.86. The maximum absolute atomic E-state index is 12.6. The van der Waals surface area contributed by atoms with Crippen molar-refractivity contribution in [3.63, 3.8) is 0 Å². The molecule has 0 radical (unpaired) electrons. The van der Waals surface area contributed by atoms with E-state index in [1.165, 1.54) is 32.4 Å². The minimum absolute atomic E-state index is 0.0158. The van der Waals surface area contributed by atoms with E-state index in [0.29, 0.717) is 11.3 Å². The zero-order valence-electron chi connectivity index (χ0n) is 16.7. The number of urea groups is 1. The number of ether oxygens (including phenoxy) is 2. The van der Waals surface area contributed by atoms with Gasteiger partial charge in [0.25, 0.3) is 5.91 Å². The van der Waals surface area contributed by atoms with Crippen LogP contribution in [0.5, 0.6) is 17.2 Å². The topological polar surface area (TPSA) is 117 Å². The first-order valence-electron chi connectivity index (χ1n) is 8.98. The normalized spacial score (nSPS) is 14.6. The van der Waals surface area contributed by atoms with Gasteiger partial charge >= 0.3 is 6.03 Å². The van der Waals surface area contributed by atoms with E-state index in [1.807, 2.05) is 19.1 Å². The van der Waals surface area contributed by atoms with Crippen molar-refractivity contribution >= 4 is 29.6 Å². The van der Waals surface area contributed by atoms with E-state index in [-0.39, 0.29) is 22.9 Å². The molecule has 2 aromatic carbocycles. The van der Waals surface area contributed by atoms with E-state index in [2.05, 4.69) is 10.6 Å². The number of aryl methyl sites for hydroxylation is 1. The third-order valence-corrected chi connectivity index (χ3v) is 4.41. The van der Waals surface area contributed by atoms with Crippen LogP contribution in [0.3, 0.4) is 0 Å². The molecule has 2 aromatic rings. The lowest BCUT2D eigenvalue weighted by Crippen LogP contribution is -2.38. The van der Waals surface area contributed by atoms with Crippen molar-refractivity contribution in [2.75, 3.05) is 26.1 Å². The van der Waals surface area contributed by atoms with Crippen molar-refractivity contribution in [2.45, 2.75) is 6.92 Å². The number of phenolic OH excluding ortho intramolecular Hbond substituents is 1. The van der Waals surface area contributed by atoms with Crippen LogP contribution in [0.25, 0.3) is 6.08 Å². The molecule has 0 aromatic heterocycles. The predicted octanol–water partition coefficient (Wildman–Crippen LogP) is 2.25. The lowest BCUT2D eigenvalue weighted by Gasteiger charge is -2.12. The minimum Gasteiger partial charge on any atom is -0.502 e. The Hall–Kier alpha value is -4.01. The number of carbonyl (C=O) groups excluding carboxylic acids is 3. The molecular weight excluding hydrogens is 390 g/mol. The second kappa shape index (κ2) is 8.56. The number of carbonyl (C=O) groups is 3. The van der Waals surface area contributed by atoms with Crippen molar-refractivity contribution in [1.29, 1.82) is 0 Å². The van der Waals surface area contributed by atoms with Gasteiger partial charge in [-0.25, -0.2) is 9.69 Å². The van der Waals surface area contributed by atoms with Gasteiger partial charge in [-0.3, -0.25) is 9.59 Å². The fourth-order valence-corrected chi connectivity index (χ4v) is 2.86. The number of benzene rings is 2. The zero-order chi connectivity index (χ0) is 21.8. The van der Waals surface area contributed by atoms with Gasteiger partial charge in [0.2, 0.25) is 11.7 Å². The monoisotopic (exact) mass is 411 g/mol. The summed E-state index contributed by atoms with van der Waals surface area (Å²) >= 11 is 0. The Bertz CT molecular complexity index is 1000. The third-order valence-electron chi connectivity index (χ3n) is 4.41. The molecule has 30 heavy (non-hydrogen) atoms. The Balaban J connectivity index is 1.75. The van der Waals surface area contributed by atoms with E-state index >= 15 is 0 Å². The molecular formula is C21H21N3O6. The predicted molar refractivity (Wildman–Crippen MR) is 109 cm³/mol. The van der Waals surface area contributed by atoms with Crippen LogP contribution in [-0.4, -0.2) is 48.6 Å². The molecule has 1 saturated heterocycles. The Morgan fingerprint density at radius 3 is 2.30 bits per heavy atom. The lowest BCUT2D eigenvalue weighted by atomic mass is 10.1. The molecule has 3 rings (SSSR count). The molecule has 0 spiro atoms. The highest BCUT2D eigenvalue weighted by molar-refractivity contribution is 6.16. The molecule has 0 saturated carbocycles. The van der Waals surface area contributed by atoms with Crippen molar-refractivity contribution in [1.82, 2.24) is 10.2 Å². The van der Waals surface area contributed by atoms with Crippen LogP contribution >= 0.6 is 0 Å². The molecule has 1 aliphatic rings. The lowest BCUT2D eigenvalue weighted by molar-refractivity contribution is -0.127. The van der Waals surface area contributed by atoms with Crippen LogP contribution < -0.4 is 20.1 Å². The van der Waals surface area contributed by atoms with Crippen LogP contribution in [0.4, 0.5) is 10.5 Å². The minimum atomic E-state index is -0.706. The highest BCUT2D eigenvalue weighted by Crippen LogP contribution is 2.37. The van der Waals surface area contributed by atoms with E-state index < -0.39 is 24.4 Å². The molecule has 4 amide bonds. The number of rotatable bonds is 6. The highest BCUT2D eigenvalue weighted by Gasteiger charge is 2.35. The number of amides is 4. The summed E-state index contributed by atoms with van der Waals surface area (Å²) in [5.41, 5.74) is 2.05. The molecule has 156 valence electrons. The number of hydrogen-bond donors (Lipinski definition) is 3. The summed E-state index contributed by atoms with van der Waals surface area (Å²) in [4.78, 5) is 37.9. The fraction of sp³-hybridized carbons (Fsp3) is 0.190. The number of phenols is 1. The molecule has 0 bridgehead atoms. The van der Waals surface area contributed by atoms with Crippen molar-refractivity contribution in [2.24, 2.45) is 0 Å². The van der Waals surface area contributed by atoms with Gasteiger partial charge in [-0.05, 0) is 42.8 Å². The van der Waals surface area contributed by atoms with Crippen LogP contribution in [0.15, 0.2) is 42.1 Å². The van der Waals surface area contributed by atoms with Gasteiger partial charge in [-0.2, -0.15) is 0 Å². The SMILES string of the molecule is COc1cc(/C=C2/NC(=O)N(CC(=O)Nc3ccc(C)cc3)C2=O)cc(OC)c1O. The Kier molecular flexibility index (Phi) is 5.91. The smallest absolute Gasteiger partial charge is 0.329 e. The maximum atomic E-state index is 12.6. The van der Waals surface area contributed by atoms with Gasteiger partial charge in [0.15, 0.2) is 11.5 Å². The quantitative estimate of drug-likeness (QED) is 0.496. The summed E-state index contributed by atoms with van der Waals surface area (Å²) < 4.78 is 10.2. The molecule has 9 nitrogen and oxygen atoms in total. The van der Waals surface area contributed by atoms with Crippen LogP contribution in [0.1, 0.15) is 11.1 Å². The average Bonchev–Trinajstić information content (AvgIpc) is 2.98. The Morgan fingerprint density at radius 1 is 1.13 bits per heavy atom. The molecule has 0 aliphatic carbocycles. The first-order valence-corrected chi connectivity index (χ1v) is 8.98. The van der Waals surface area contributed by atoms with E-state index in [4.69, 9.17) is 9.47 Å². The van der Waals surface area contributed by atoms with Gasteiger partial charge < -0.3 is 25.2 Å². The van der Waals surface area contributed by atoms with Crippen LogP contribution in [0, 0.1) is 6.92 Å².